The molecule has 1 heterocycles. The van der Waals surface area contributed by atoms with Crippen molar-refractivity contribution >= 4 is 38.7 Å². The Labute approximate surface area is 101 Å². The summed E-state index contributed by atoms with van der Waals surface area (Å²) in [6.07, 6.45) is -1.03. The van der Waals surface area contributed by atoms with Crippen molar-refractivity contribution in [3.05, 3.63) is 34.8 Å². The van der Waals surface area contributed by atoms with Crippen LogP contribution in [0.1, 0.15) is 0 Å². The van der Waals surface area contributed by atoms with Gasteiger partial charge in [-0.05, 0) is 24.3 Å². The van der Waals surface area contributed by atoms with E-state index >= 15 is 0 Å². The molecule has 1 aromatic carbocycles. The van der Waals surface area contributed by atoms with E-state index in [0.717, 1.165) is 20.3 Å². The van der Waals surface area contributed by atoms with E-state index in [2.05, 4.69) is 20.9 Å². The molecule has 0 aliphatic heterocycles. The normalized spacial score (nSPS) is 10.4. The van der Waals surface area contributed by atoms with E-state index in [1.807, 2.05) is 24.3 Å². The summed E-state index contributed by atoms with van der Waals surface area (Å²) in [5.41, 5.74) is 0.764. The Morgan fingerprint density at radius 3 is 2.75 bits per heavy atom. The van der Waals surface area contributed by atoms with Gasteiger partial charge in [-0.1, -0.05) is 22.0 Å². The summed E-state index contributed by atoms with van der Waals surface area (Å²) in [5.74, 6) is 0.415. The third-order valence-corrected chi connectivity index (χ3v) is 2.76. The third kappa shape index (κ3) is 1.99. The van der Waals surface area contributed by atoms with E-state index < -0.39 is 6.09 Å². The maximum Gasteiger partial charge on any atom is 0.412 e. The van der Waals surface area contributed by atoms with Crippen molar-refractivity contribution in [3.8, 4) is 0 Å². The molecule has 16 heavy (non-hydrogen) atoms. The highest BCUT2D eigenvalue weighted by Crippen LogP contribution is 2.21. The number of hydrogen-bond acceptors (Lipinski definition) is 2. The number of aromatic nitrogens is 1. The minimum absolute atomic E-state index is 0.415. The van der Waals surface area contributed by atoms with Crippen molar-refractivity contribution in [2.75, 3.05) is 11.9 Å². The van der Waals surface area contributed by atoms with Crippen LogP contribution in [-0.4, -0.2) is 23.2 Å². The van der Waals surface area contributed by atoms with Gasteiger partial charge in [-0.2, -0.15) is 0 Å². The number of pyridine rings is 1. The van der Waals surface area contributed by atoms with Crippen LogP contribution in [0.5, 0.6) is 0 Å². The third-order valence-electron chi connectivity index (χ3n) is 2.27. The highest BCUT2D eigenvalue weighted by atomic mass is 79.9. The molecule has 82 valence electrons. The van der Waals surface area contributed by atoms with Gasteiger partial charge in [0.15, 0.2) is 0 Å². The number of halogens is 1. The van der Waals surface area contributed by atoms with E-state index in [9.17, 15) is 4.79 Å². The lowest BCUT2D eigenvalue weighted by molar-refractivity contribution is 0.203. The Balaban J connectivity index is 2.54. The maximum atomic E-state index is 10.8. The number of anilines is 1. The first-order valence-electron chi connectivity index (χ1n) is 4.61. The molecule has 0 aliphatic rings. The molecule has 0 fully saturated rings. The van der Waals surface area contributed by atoms with E-state index in [1.54, 1.807) is 6.07 Å². The fraction of sp³-hybridized carbons (Fsp3) is 0.0909. The summed E-state index contributed by atoms with van der Waals surface area (Å²) < 4.78 is 0.919. The molecule has 2 rings (SSSR count). The molecule has 0 saturated carbocycles. The van der Waals surface area contributed by atoms with Crippen LogP contribution in [0.2, 0.25) is 0 Å². The van der Waals surface area contributed by atoms with Crippen molar-refractivity contribution in [1.82, 2.24) is 4.98 Å². The fourth-order valence-corrected chi connectivity index (χ4v) is 1.71. The Morgan fingerprint density at radius 1 is 1.38 bits per heavy atom. The first-order chi connectivity index (χ1) is 7.58. The number of carboxylic acid groups (broad SMARTS) is 1. The summed E-state index contributed by atoms with van der Waals surface area (Å²) >= 11 is 3.35. The van der Waals surface area contributed by atoms with Crippen molar-refractivity contribution in [1.29, 1.82) is 0 Å². The van der Waals surface area contributed by atoms with Gasteiger partial charge >= 0.3 is 6.09 Å². The summed E-state index contributed by atoms with van der Waals surface area (Å²) in [4.78, 5) is 16.1. The molecule has 0 bridgehead atoms. The van der Waals surface area contributed by atoms with E-state index in [1.165, 1.54) is 7.05 Å². The minimum atomic E-state index is -1.03. The second kappa shape index (κ2) is 4.09. The Bertz CT molecular complexity index is 557. The van der Waals surface area contributed by atoms with Crippen LogP contribution in [0.3, 0.4) is 0 Å². The predicted molar refractivity (Wildman–Crippen MR) is 65.9 cm³/mol. The maximum absolute atomic E-state index is 10.8. The molecule has 0 atom stereocenters. The monoisotopic (exact) mass is 280 g/mol. The molecule has 2 aromatic rings. The fourth-order valence-electron chi connectivity index (χ4n) is 1.36. The van der Waals surface area contributed by atoms with Crippen molar-refractivity contribution in [3.63, 3.8) is 0 Å². The molecule has 4 nitrogen and oxygen atoms in total. The van der Waals surface area contributed by atoms with Crippen molar-refractivity contribution in [2.45, 2.75) is 0 Å². The number of benzene rings is 1. The van der Waals surface area contributed by atoms with Crippen LogP contribution >= 0.6 is 15.9 Å². The molecule has 0 saturated heterocycles. The van der Waals surface area contributed by atoms with E-state index in [4.69, 9.17) is 5.11 Å². The van der Waals surface area contributed by atoms with Gasteiger partial charge in [-0.25, -0.2) is 9.78 Å². The number of rotatable bonds is 1. The first kappa shape index (κ1) is 10.9. The van der Waals surface area contributed by atoms with Crippen molar-refractivity contribution in [2.24, 2.45) is 0 Å². The van der Waals surface area contributed by atoms with Gasteiger partial charge in [-0.3, -0.25) is 4.90 Å². The van der Waals surface area contributed by atoms with E-state index in [-0.39, 0.29) is 0 Å². The van der Waals surface area contributed by atoms with Gasteiger partial charge in [0.05, 0.1) is 5.52 Å². The lowest BCUT2D eigenvalue weighted by Gasteiger charge is -2.12. The second-order valence-electron chi connectivity index (χ2n) is 3.35. The standard InChI is InChI=1S/C11H9BrN2O2/c1-14(11(15)16)10-5-3-7-2-4-8(12)6-9(7)13-10/h2-6H,1H3,(H,15,16). The average molecular weight is 281 g/mol. The van der Waals surface area contributed by atoms with Crippen LogP contribution in [0.4, 0.5) is 10.6 Å². The molecule has 0 spiro atoms. The van der Waals surface area contributed by atoms with Gasteiger partial charge in [0, 0.05) is 16.9 Å². The molecule has 1 aromatic heterocycles. The largest absolute Gasteiger partial charge is 0.465 e. The van der Waals surface area contributed by atoms with Gasteiger partial charge in [0.25, 0.3) is 0 Å². The Morgan fingerprint density at radius 2 is 2.06 bits per heavy atom. The second-order valence-corrected chi connectivity index (χ2v) is 4.26. The lowest BCUT2D eigenvalue weighted by Crippen LogP contribution is -2.24. The summed E-state index contributed by atoms with van der Waals surface area (Å²) in [5, 5.41) is 9.82. The first-order valence-corrected chi connectivity index (χ1v) is 5.40. The van der Waals surface area contributed by atoms with Crippen molar-refractivity contribution < 1.29 is 9.90 Å². The molecule has 1 N–H and O–H groups in total. The molecule has 0 radical (unpaired) electrons. The average Bonchev–Trinajstić information content (AvgIpc) is 2.26. The van der Waals surface area contributed by atoms with Gasteiger partial charge in [0.2, 0.25) is 0 Å². The van der Waals surface area contributed by atoms with Gasteiger partial charge in [0.1, 0.15) is 5.82 Å². The SMILES string of the molecule is CN(C(=O)O)c1ccc2ccc(Br)cc2n1. The molecule has 5 heteroatoms. The number of fused-ring (bicyclic) bond motifs is 1. The molecular weight excluding hydrogens is 272 g/mol. The van der Waals surface area contributed by atoms with Crippen LogP contribution in [0.15, 0.2) is 34.8 Å². The Kier molecular flexibility index (Phi) is 2.78. The lowest BCUT2D eigenvalue weighted by atomic mass is 10.2. The van der Waals surface area contributed by atoms with E-state index in [0.29, 0.717) is 5.82 Å². The summed E-state index contributed by atoms with van der Waals surface area (Å²) in [6.45, 7) is 0. The molecule has 1 amide bonds. The molecular formula is C11H9BrN2O2. The predicted octanol–water partition coefficient (Wildman–Crippen LogP) is 3.11. The van der Waals surface area contributed by atoms with Crippen LogP contribution < -0.4 is 4.90 Å². The highest BCUT2D eigenvalue weighted by molar-refractivity contribution is 9.10. The zero-order valence-corrected chi connectivity index (χ0v) is 10.1. The van der Waals surface area contributed by atoms with Crippen LogP contribution in [-0.2, 0) is 0 Å². The Hall–Kier alpha value is -1.62. The minimum Gasteiger partial charge on any atom is -0.465 e. The summed E-state index contributed by atoms with van der Waals surface area (Å²) in [6, 6.07) is 9.24. The zero-order chi connectivity index (χ0) is 11.7. The number of carbonyl (C=O) groups is 1. The quantitative estimate of drug-likeness (QED) is 0.873. The number of hydrogen-bond donors (Lipinski definition) is 1. The van der Waals surface area contributed by atoms with Crippen LogP contribution in [0.25, 0.3) is 10.9 Å². The molecule has 0 aliphatic carbocycles. The van der Waals surface area contributed by atoms with Crippen LogP contribution in [0, 0.1) is 0 Å². The molecule has 0 unspecified atom stereocenters. The van der Waals surface area contributed by atoms with Gasteiger partial charge < -0.3 is 5.11 Å². The zero-order valence-electron chi connectivity index (χ0n) is 8.51. The topological polar surface area (TPSA) is 53.4 Å². The number of nitrogens with zero attached hydrogens (tertiary/aromatic N) is 2. The smallest absolute Gasteiger partial charge is 0.412 e. The van der Waals surface area contributed by atoms with Gasteiger partial charge in [-0.15, -0.1) is 0 Å². The summed E-state index contributed by atoms with van der Waals surface area (Å²) in [7, 11) is 1.47. The highest BCUT2D eigenvalue weighted by Gasteiger charge is 2.09. The number of amides is 1.